The van der Waals surface area contributed by atoms with E-state index in [1.165, 1.54) is 12.1 Å². The molecule has 1 unspecified atom stereocenters. The molecule has 13 heteroatoms. The lowest BCUT2D eigenvalue weighted by Crippen LogP contribution is -2.51. The van der Waals surface area contributed by atoms with Crippen LogP contribution in [0.2, 0.25) is 0 Å². The monoisotopic (exact) mass is 538 g/mol. The largest absolute Gasteiger partial charge is 0.470 e. The number of aromatic nitrogens is 2. The highest BCUT2D eigenvalue weighted by Gasteiger charge is 2.38. The number of nitrogens with zero attached hydrogens (tertiary/aromatic N) is 5. The molecule has 0 bridgehead atoms. The zero-order valence-electron chi connectivity index (χ0n) is 20.6. The van der Waals surface area contributed by atoms with Crippen LogP contribution in [0, 0.1) is 5.82 Å². The van der Waals surface area contributed by atoms with Gasteiger partial charge in [0.15, 0.2) is 6.35 Å². The summed E-state index contributed by atoms with van der Waals surface area (Å²) < 4.78 is 57.9. The fourth-order valence-corrected chi connectivity index (χ4v) is 4.22. The zero-order valence-corrected chi connectivity index (χ0v) is 20.6. The lowest BCUT2D eigenvalue weighted by atomic mass is 10.1. The van der Waals surface area contributed by atoms with Gasteiger partial charge in [-0.15, -0.1) is 10.2 Å². The number of aliphatic hydroxyl groups excluding tert-OH is 2. The maximum absolute atomic E-state index is 15.0. The first-order chi connectivity index (χ1) is 18.2. The number of alkyl halides is 3. The maximum Gasteiger partial charge on any atom is 0.470 e. The average Bonchev–Trinajstić information content (AvgIpc) is 3.41. The van der Waals surface area contributed by atoms with Crippen molar-refractivity contribution in [3.05, 3.63) is 65.8 Å². The summed E-state index contributed by atoms with van der Waals surface area (Å²) in [6, 6.07) is 12.8. The Labute approximate surface area is 217 Å². The highest BCUT2D eigenvalue weighted by Crippen LogP contribution is 2.31. The first-order valence-electron chi connectivity index (χ1n) is 12.2. The van der Waals surface area contributed by atoms with Gasteiger partial charge in [0.1, 0.15) is 5.82 Å². The van der Waals surface area contributed by atoms with Gasteiger partial charge in [0.2, 0.25) is 5.89 Å². The molecule has 1 aromatic heterocycles. The van der Waals surface area contributed by atoms with Crippen molar-refractivity contribution in [2.75, 3.05) is 57.3 Å². The van der Waals surface area contributed by atoms with E-state index in [2.05, 4.69) is 29.7 Å². The van der Waals surface area contributed by atoms with Gasteiger partial charge in [0.05, 0.1) is 6.61 Å². The molecule has 1 aliphatic heterocycles. The lowest BCUT2D eigenvalue weighted by Gasteiger charge is -2.35. The van der Waals surface area contributed by atoms with E-state index in [4.69, 9.17) is 5.11 Å². The first kappa shape index (κ1) is 27.9. The molecule has 2 aromatic carbocycles. The third-order valence-corrected chi connectivity index (χ3v) is 6.33. The first-order valence-corrected chi connectivity index (χ1v) is 12.2. The van der Waals surface area contributed by atoms with Gasteiger partial charge >= 0.3 is 12.1 Å². The number of hydrogen-bond acceptors (Lipinski definition) is 9. The van der Waals surface area contributed by atoms with Gasteiger partial charge < -0.3 is 19.5 Å². The number of benzene rings is 2. The van der Waals surface area contributed by atoms with Gasteiger partial charge in [0, 0.05) is 69.2 Å². The van der Waals surface area contributed by atoms with Crippen molar-refractivity contribution < 1.29 is 32.2 Å². The number of aliphatic hydroxyl groups is 2. The van der Waals surface area contributed by atoms with Crippen LogP contribution in [-0.2, 0) is 12.7 Å². The van der Waals surface area contributed by atoms with Crippen LogP contribution in [0.15, 0.2) is 52.9 Å². The minimum absolute atomic E-state index is 0.0121. The quantitative estimate of drug-likeness (QED) is 0.251. The van der Waals surface area contributed by atoms with E-state index in [0.717, 1.165) is 32.2 Å². The fraction of sp³-hybridized carbons (Fsp3) is 0.440. The van der Waals surface area contributed by atoms with Crippen molar-refractivity contribution in [1.29, 1.82) is 0 Å². The predicted molar refractivity (Wildman–Crippen MR) is 131 cm³/mol. The SMILES string of the molecule is OCCN1CCN(CCNC(O)N(Cc2ccc(-c3nnc(C(F)(F)F)o3)cc2F)c2ccccc2)CC1. The van der Waals surface area contributed by atoms with Crippen molar-refractivity contribution in [2.24, 2.45) is 0 Å². The maximum atomic E-state index is 15.0. The molecule has 0 radical (unpaired) electrons. The van der Waals surface area contributed by atoms with E-state index in [1.54, 1.807) is 29.2 Å². The summed E-state index contributed by atoms with van der Waals surface area (Å²) in [4.78, 5) is 6.05. The number of halogens is 4. The molecule has 0 amide bonds. The number of para-hydroxylation sites is 1. The van der Waals surface area contributed by atoms with Crippen LogP contribution >= 0.6 is 0 Å². The number of β-amino-alcohol motifs (C(OH)–C–C–N with tert-alkyl or cyclic N) is 1. The van der Waals surface area contributed by atoms with Gasteiger partial charge in [-0.3, -0.25) is 15.1 Å². The third kappa shape index (κ3) is 7.26. The lowest BCUT2D eigenvalue weighted by molar-refractivity contribution is -0.156. The van der Waals surface area contributed by atoms with E-state index >= 15 is 4.39 Å². The molecule has 38 heavy (non-hydrogen) atoms. The Morgan fingerprint density at radius 2 is 1.68 bits per heavy atom. The highest BCUT2D eigenvalue weighted by atomic mass is 19.4. The molecular weight excluding hydrogens is 508 g/mol. The van der Waals surface area contributed by atoms with Crippen molar-refractivity contribution >= 4 is 5.69 Å². The molecule has 9 nitrogen and oxygen atoms in total. The van der Waals surface area contributed by atoms with E-state index in [9.17, 15) is 18.3 Å². The fourth-order valence-electron chi connectivity index (χ4n) is 4.22. The number of nitrogens with one attached hydrogen (secondary N) is 1. The second kappa shape index (κ2) is 12.6. The number of piperazine rings is 1. The topological polar surface area (TPSA) is 101 Å². The van der Waals surface area contributed by atoms with Crippen LogP contribution in [-0.4, -0.2) is 89.0 Å². The summed E-state index contributed by atoms with van der Waals surface area (Å²) in [6.07, 6.45) is -5.92. The number of anilines is 1. The molecule has 1 saturated heterocycles. The molecule has 2 heterocycles. The Morgan fingerprint density at radius 3 is 2.29 bits per heavy atom. The smallest absolute Gasteiger partial charge is 0.413 e. The van der Waals surface area contributed by atoms with Gasteiger partial charge in [-0.2, -0.15) is 13.2 Å². The number of hydrogen-bond donors (Lipinski definition) is 3. The molecule has 1 atom stereocenters. The minimum Gasteiger partial charge on any atom is -0.413 e. The molecule has 0 saturated carbocycles. The van der Waals surface area contributed by atoms with Crippen LogP contribution in [0.3, 0.4) is 0 Å². The molecule has 0 aliphatic carbocycles. The van der Waals surface area contributed by atoms with Gasteiger partial charge in [0.25, 0.3) is 0 Å². The molecule has 206 valence electrons. The summed E-state index contributed by atoms with van der Waals surface area (Å²) >= 11 is 0. The number of rotatable bonds is 11. The Balaban J connectivity index is 1.40. The molecule has 1 aliphatic rings. The van der Waals surface area contributed by atoms with Crippen molar-refractivity contribution in [2.45, 2.75) is 19.1 Å². The Morgan fingerprint density at radius 1 is 1.00 bits per heavy atom. The second-order valence-electron chi connectivity index (χ2n) is 8.91. The molecule has 4 rings (SSSR count). The van der Waals surface area contributed by atoms with Crippen LogP contribution in [0.1, 0.15) is 11.5 Å². The molecule has 3 aromatic rings. The predicted octanol–water partition coefficient (Wildman–Crippen LogP) is 2.38. The normalized spacial score (nSPS) is 16.1. The van der Waals surface area contributed by atoms with Crippen LogP contribution in [0.5, 0.6) is 0 Å². The Bertz CT molecular complexity index is 1160. The minimum atomic E-state index is -4.79. The summed E-state index contributed by atoms with van der Waals surface area (Å²) in [7, 11) is 0. The van der Waals surface area contributed by atoms with Gasteiger partial charge in [-0.1, -0.05) is 24.3 Å². The summed E-state index contributed by atoms with van der Waals surface area (Å²) in [6.45, 7) is 5.46. The third-order valence-electron chi connectivity index (χ3n) is 6.33. The summed E-state index contributed by atoms with van der Waals surface area (Å²) in [5.74, 6) is -2.64. The Kier molecular flexibility index (Phi) is 9.28. The van der Waals surface area contributed by atoms with Crippen LogP contribution < -0.4 is 10.2 Å². The van der Waals surface area contributed by atoms with Gasteiger partial charge in [-0.25, -0.2) is 4.39 Å². The Hall–Kier alpha value is -3.10. The standard InChI is InChI=1S/C25H30F4N6O3/c26-21-16-18(22-31-32-23(38-22)25(27,28)29)6-7-19(21)17-35(20-4-2-1-3-5-20)24(37)30-8-9-33-10-12-34(13-11-33)14-15-36/h1-7,16,24,30,36-37H,8-15,17H2. The van der Waals surface area contributed by atoms with Gasteiger partial charge in [-0.05, 0) is 24.3 Å². The second-order valence-corrected chi connectivity index (χ2v) is 8.91. The molecule has 0 spiro atoms. The summed E-state index contributed by atoms with van der Waals surface area (Å²) in [5.41, 5.74) is 0.882. The van der Waals surface area contributed by atoms with E-state index in [0.29, 0.717) is 25.3 Å². The van der Waals surface area contributed by atoms with Crippen molar-refractivity contribution in [3.63, 3.8) is 0 Å². The summed E-state index contributed by atoms with van der Waals surface area (Å²) in [5, 5.41) is 29.5. The molecule has 3 N–H and O–H groups in total. The average molecular weight is 539 g/mol. The zero-order chi connectivity index (χ0) is 27.1. The van der Waals surface area contributed by atoms with Crippen molar-refractivity contribution in [1.82, 2.24) is 25.3 Å². The molecular formula is C25H30F4N6O3. The van der Waals surface area contributed by atoms with Crippen LogP contribution in [0.4, 0.5) is 23.2 Å². The molecule has 1 fully saturated rings. The van der Waals surface area contributed by atoms with E-state index < -0.39 is 30.1 Å². The van der Waals surface area contributed by atoms with Crippen LogP contribution in [0.25, 0.3) is 11.5 Å². The van der Waals surface area contributed by atoms with E-state index in [-0.39, 0.29) is 24.3 Å². The highest BCUT2D eigenvalue weighted by molar-refractivity contribution is 5.54. The van der Waals surface area contributed by atoms with Crippen molar-refractivity contribution in [3.8, 4) is 11.5 Å². The van der Waals surface area contributed by atoms with E-state index in [1.807, 2.05) is 6.07 Å².